The summed E-state index contributed by atoms with van der Waals surface area (Å²) in [6.07, 6.45) is 5.63. The first-order valence-electron chi connectivity index (χ1n) is 9.88. The van der Waals surface area contributed by atoms with Gasteiger partial charge in [0.2, 0.25) is 11.8 Å². The number of nitrogens with two attached hydrogens (primary N) is 1. The number of carbonyl (C=O) groups excluding carboxylic acids is 3. The zero-order valence-electron chi connectivity index (χ0n) is 15.9. The number of hydrogen-bond acceptors (Lipinski definition) is 5. The normalized spacial score (nSPS) is 20.2. The molecule has 0 spiro atoms. The van der Waals surface area contributed by atoms with Crippen LogP contribution in [0.5, 0.6) is 0 Å². The summed E-state index contributed by atoms with van der Waals surface area (Å²) in [7, 11) is -1.18. The standard InChI is InChI=1S/C20H27N3O4S/c21-11-4-2-1-3-5-12-28(27)17-8-6-7-14-15(17)13-23(20(14)26)16-9-10-18(24)22-19(16)25/h6-8,16H,1-5,9-13,21H2,(H,22,24,25). The molecule has 0 aromatic heterocycles. The number of imide groups is 1. The third-order valence-corrected chi connectivity index (χ3v) is 6.85. The van der Waals surface area contributed by atoms with E-state index >= 15 is 0 Å². The van der Waals surface area contributed by atoms with Gasteiger partial charge in [0.15, 0.2) is 0 Å². The van der Waals surface area contributed by atoms with E-state index in [1.54, 1.807) is 12.1 Å². The Labute approximate surface area is 167 Å². The molecular weight excluding hydrogens is 378 g/mol. The van der Waals surface area contributed by atoms with Crippen LogP contribution in [0, 0.1) is 0 Å². The van der Waals surface area contributed by atoms with Crippen molar-refractivity contribution in [2.75, 3.05) is 12.3 Å². The predicted molar refractivity (Wildman–Crippen MR) is 106 cm³/mol. The zero-order valence-corrected chi connectivity index (χ0v) is 16.8. The Balaban J connectivity index is 1.66. The van der Waals surface area contributed by atoms with Gasteiger partial charge in [0.25, 0.3) is 5.91 Å². The number of fused-ring (bicyclic) bond motifs is 1. The second-order valence-corrected chi connectivity index (χ2v) is 8.83. The Kier molecular flexibility index (Phi) is 6.96. The lowest BCUT2D eigenvalue weighted by Crippen LogP contribution is -2.52. The Bertz CT molecular complexity index is 796. The molecule has 8 heteroatoms. The van der Waals surface area contributed by atoms with Gasteiger partial charge in [0, 0.05) is 34.7 Å². The highest BCUT2D eigenvalue weighted by Crippen LogP contribution is 2.31. The summed E-state index contributed by atoms with van der Waals surface area (Å²) < 4.78 is 12.8. The van der Waals surface area contributed by atoms with Crippen molar-refractivity contribution < 1.29 is 18.6 Å². The van der Waals surface area contributed by atoms with Crippen LogP contribution < -0.4 is 11.1 Å². The molecule has 2 aliphatic heterocycles. The minimum Gasteiger partial charge on any atom is -0.330 e. The van der Waals surface area contributed by atoms with Crippen molar-refractivity contribution in [3.05, 3.63) is 29.3 Å². The second kappa shape index (κ2) is 9.43. The van der Waals surface area contributed by atoms with Gasteiger partial charge in [0.05, 0.1) is 10.8 Å². The summed E-state index contributed by atoms with van der Waals surface area (Å²) in [6.45, 7) is 0.971. The molecule has 7 nitrogen and oxygen atoms in total. The Hall–Kier alpha value is -2.06. The maximum atomic E-state index is 12.8. The molecular formula is C20H27N3O4S. The highest BCUT2D eigenvalue weighted by Gasteiger charge is 2.40. The van der Waals surface area contributed by atoms with Gasteiger partial charge in [-0.25, -0.2) is 0 Å². The largest absolute Gasteiger partial charge is 0.330 e. The second-order valence-electron chi connectivity index (χ2n) is 7.29. The maximum absolute atomic E-state index is 12.8. The number of piperidine rings is 1. The minimum absolute atomic E-state index is 0.222. The van der Waals surface area contributed by atoms with Gasteiger partial charge >= 0.3 is 0 Å². The van der Waals surface area contributed by atoms with Crippen molar-refractivity contribution in [2.45, 2.75) is 62.4 Å². The van der Waals surface area contributed by atoms with Crippen LogP contribution in [0.1, 0.15) is 60.9 Å². The van der Waals surface area contributed by atoms with Gasteiger partial charge in [0.1, 0.15) is 6.04 Å². The summed E-state index contributed by atoms with van der Waals surface area (Å²) in [5.74, 6) is -0.410. The van der Waals surface area contributed by atoms with E-state index in [1.807, 2.05) is 6.07 Å². The van der Waals surface area contributed by atoms with Gasteiger partial charge in [-0.2, -0.15) is 0 Å². The molecule has 1 aromatic carbocycles. The molecule has 0 aliphatic carbocycles. The van der Waals surface area contributed by atoms with E-state index in [9.17, 15) is 18.6 Å². The fraction of sp³-hybridized carbons (Fsp3) is 0.550. The lowest BCUT2D eigenvalue weighted by molar-refractivity contribution is -0.136. The predicted octanol–water partition coefficient (Wildman–Crippen LogP) is 1.46. The molecule has 0 radical (unpaired) electrons. The molecule has 3 N–H and O–H groups in total. The fourth-order valence-electron chi connectivity index (χ4n) is 3.79. The number of hydrogen-bond donors (Lipinski definition) is 2. The summed E-state index contributed by atoms with van der Waals surface area (Å²) in [6, 6.07) is 4.63. The number of carbonyl (C=O) groups is 3. The Morgan fingerprint density at radius 2 is 1.86 bits per heavy atom. The number of benzene rings is 1. The molecule has 2 heterocycles. The molecule has 0 saturated carbocycles. The van der Waals surface area contributed by atoms with E-state index in [1.165, 1.54) is 4.90 Å². The lowest BCUT2D eigenvalue weighted by atomic mass is 10.0. The molecule has 3 amide bonds. The smallest absolute Gasteiger partial charge is 0.255 e. The van der Waals surface area contributed by atoms with Crippen LogP contribution in [-0.4, -0.2) is 45.2 Å². The van der Waals surface area contributed by atoms with Gasteiger partial charge < -0.3 is 10.6 Å². The lowest BCUT2D eigenvalue weighted by Gasteiger charge is -2.29. The van der Waals surface area contributed by atoms with Gasteiger partial charge in [-0.15, -0.1) is 0 Å². The first-order chi connectivity index (χ1) is 13.5. The topological polar surface area (TPSA) is 110 Å². The van der Waals surface area contributed by atoms with Crippen molar-refractivity contribution in [2.24, 2.45) is 5.73 Å². The van der Waals surface area contributed by atoms with Crippen molar-refractivity contribution in [3.63, 3.8) is 0 Å². The zero-order chi connectivity index (χ0) is 20.1. The number of nitrogens with one attached hydrogen (secondary N) is 1. The van der Waals surface area contributed by atoms with Crippen LogP contribution in [0.2, 0.25) is 0 Å². The highest BCUT2D eigenvalue weighted by atomic mass is 32.2. The van der Waals surface area contributed by atoms with Crippen molar-refractivity contribution in [3.8, 4) is 0 Å². The maximum Gasteiger partial charge on any atom is 0.255 e. The van der Waals surface area contributed by atoms with Crippen molar-refractivity contribution in [1.29, 1.82) is 0 Å². The molecule has 2 aliphatic rings. The van der Waals surface area contributed by atoms with Crippen molar-refractivity contribution >= 4 is 28.5 Å². The molecule has 1 saturated heterocycles. The third kappa shape index (κ3) is 4.50. The van der Waals surface area contributed by atoms with Crippen LogP contribution in [-0.2, 0) is 26.9 Å². The SMILES string of the molecule is NCCCCCCCS(=O)c1cccc2c1CN(C1CCC(=O)NC1=O)C2=O. The van der Waals surface area contributed by atoms with Gasteiger partial charge in [-0.1, -0.05) is 25.3 Å². The number of unbranched alkanes of at least 4 members (excludes halogenated alkanes) is 4. The van der Waals surface area contributed by atoms with E-state index in [0.717, 1.165) is 37.7 Å². The van der Waals surface area contributed by atoms with E-state index in [2.05, 4.69) is 5.32 Å². The highest BCUT2D eigenvalue weighted by molar-refractivity contribution is 7.85. The quantitative estimate of drug-likeness (QED) is 0.477. The van der Waals surface area contributed by atoms with Crippen LogP contribution in [0.4, 0.5) is 0 Å². The fourth-order valence-corrected chi connectivity index (χ4v) is 5.15. The number of nitrogens with zero attached hydrogens (tertiary/aromatic N) is 1. The van der Waals surface area contributed by atoms with E-state index in [0.29, 0.717) is 29.2 Å². The van der Waals surface area contributed by atoms with Crippen LogP contribution >= 0.6 is 0 Å². The summed E-state index contributed by atoms with van der Waals surface area (Å²) in [5.41, 5.74) is 6.75. The first-order valence-corrected chi connectivity index (χ1v) is 11.2. The summed E-state index contributed by atoms with van der Waals surface area (Å²) >= 11 is 0. The molecule has 2 unspecified atom stereocenters. The van der Waals surface area contributed by atoms with E-state index in [4.69, 9.17) is 5.73 Å². The van der Waals surface area contributed by atoms with E-state index < -0.39 is 22.7 Å². The van der Waals surface area contributed by atoms with Gasteiger partial charge in [-0.05, 0) is 37.9 Å². The minimum atomic E-state index is -1.18. The average Bonchev–Trinajstić information content (AvgIpc) is 3.01. The summed E-state index contributed by atoms with van der Waals surface area (Å²) in [4.78, 5) is 38.5. The Morgan fingerprint density at radius 1 is 1.11 bits per heavy atom. The number of amides is 3. The van der Waals surface area contributed by atoms with Crippen molar-refractivity contribution in [1.82, 2.24) is 10.2 Å². The van der Waals surface area contributed by atoms with Crippen LogP contribution in [0.25, 0.3) is 0 Å². The average molecular weight is 406 g/mol. The molecule has 2 atom stereocenters. The molecule has 0 bridgehead atoms. The van der Waals surface area contributed by atoms with E-state index in [-0.39, 0.29) is 24.8 Å². The molecule has 28 heavy (non-hydrogen) atoms. The van der Waals surface area contributed by atoms with Gasteiger partial charge in [-0.3, -0.25) is 23.9 Å². The monoisotopic (exact) mass is 405 g/mol. The molecule has 152 valence electrons. The first kappa shape index (κ1) is 20.7. The van der Waals surface area contributed by atoms with Crippen LogP contribution in [0.3, 0.4) is 0 Å². The molecule has 1 fully saturated rings. The van der Waals surface area contributed by atoms with Crippen LogP contribution in [0.15, 0.2) is 23.1 Å². The Morgan fingerprint density at radius 3 is 2.61 bits per heavy atom. The third-order valence-electron chi connectivity index (χ3n) is 5.32. The molecule has 3 rings (SSSR count). The number of rotatable bonds is 9. The summed E-state index contributed by atoms with van der Waals surface area (Å²) in [5, 5.41) is 2.30. The molecule has 1 aromatic rings.